The molecule has 1 fully saturated rings. The molecule has 23 atom stereocenters. The molecule has 11 aromatic rings. The van der Waals surface area contributed by atoms with E-state index in [0.717, 1.165) is 5.92 Å². The molecule has 1 heteroatoms. The Morgan fingerprint density at radius 1 is 0.385 bits per heavy atom. The molecule has 1 saturated carbocycles. The van der Waals surface area contributed by atoms with Gasteiger partial charge in [-0.25, -0.2) is 0 Å². The molecular weight excluding hydrogens is 957 g/mol. The van der Waals surface area contributed by atoms with E-state index in [9.17, 15) is 0 Å². The second-order valence-electron chi connectivity index (χ2n) is 32.9. The SMILES string of the molecule is CCCCC(CC)Cc1ccc(C(C)C)c2c1C13c4c5c6c7c8c9c%10c%11c%12c%13c%14c%15c(c%16c%13c%10c7c4-%16)C1(S2)C1C%15C2c4c7c%10c%13c%15c%16c%17c%18c%19c%20c%21c%22c%23c(c4c4c%22c%19c%16c%104)C2C%14C%12C%23C%21C%11C9C%20C%18C8C6C%17C%15C5C3C%13C71. The monoisotopic (exact) mass is 1000 g/mol. The fourth-order valence-electron chi connectivity index (χ4n) is 33.9. The summed E-state index contributed by atoms with van der Waals surface area (Å²) in [7, 11) is 0. The summed E-state index contributed by atoms with van der Waals surface area (Å²) in [5.74, 6) is 14.5. The van der Waals surface area contributed by atoms with E-state index < -0.39 is 0 Å². The Balaban J connectivity index is 0.944. The van der Waals surface area contributed by atoms with Crippen LogP contribution < -0.4 is 0 Å². The van der Waals surface area contributed by atoms with Crippen LogP contribution in [0.4, 0.5) is 0 Å². The number of rotatable bonds is 7. The van der Waals surface area contributed by atoms with E-state index in [2.05, 4.69) is 102 Å². The standard InChI is InChI=1S/C77H46S/c1-5-7-8-13(6-2)11-14-9-10-15(12(3)4)75-70(14)76-71-62-54-44-34-26-18-16-17-20-24-22(18)30-38-32(24)42-36-28(20)29-21(17)25-23-19(16)27(26)35-41-31(23)39-33(25)43-37(29)47-46(36)58-52(42)60-50(38)56(48(54)40(30)34)64(71)66(60)73-68(58)69-59(47)53(43)61-51(39)57-49(41)55(45(35)44)63(62)72(76)65(57)67(61)74(69)77(73,76)78-75/h9-10,12-13,18,20,22,24,26,28,34,36,44-47,55,59,63,65,67,69,72,74H,5-8,11H2,1-4H3. The molecule has 23 unspecified atom stereocenters. The lowest BCUT2D eigenvalue weighted by Crippen LogP contribution is -2.62. The average molecular weight is 1000 g/mol. The molecule has 0 nitrogen and oxygen atoms in total. The molecule has 0 aromatic heterocycles. The summed E-state index contributed by atoms with van der Waals surface area (Å²) in [6.45, 7) is 10.3. The normalized spacial score (nSPS) is 44.8. The van der Waals surface area contributed by atoms with Gasteiger partial charge in [-0.05, 0) is 362 Å². The third-order valence-corrected chi connectivity index (χ3v) is 34.9. The number of hydrogen-bond donors (Lipinski definition) is 0. The van der Waals surface area contributed by atoms with Crippen molar-refractivity contribution in [2.45, 2.75) is 187 Å². The van der Waals surface area contributed by atoms with Gasteiger partial charge in [-0.1, -0.05) is 65.5 Å². The Bertz CT molecular complexity index is 5700. The number of unbranched alkanes of at least 4 members (excludes halogenated alkanes) is 1. The molecule has 22 aliphatic carbocycles. The first kappa shape index (κ1) is 34.0. The van der Waals surface area contributed by atoms with Gasteiger partial charge in [0.25, 0.3) is 0 Å². The molecule has 0 saturated heterocycles. The largest absolute Gasteiger partial charge is 0.112 e. The second kappa shape index (κ2) is 8.37. The van der Waals surface area contributed by atoms with Gasteiger partial charge in [0.15, 0.2) is 0 Å². The van der Waals surface area contributed by atoms with Crippen molar-refractivity contribution in [1.29, 1.82) is 0 Å². The van der Waals surface area contributed by atoms with Crippen LogP contribution in [-0.2, 0) is 16.6 Å². The maximum absolute atomic E-state index is 2.87. The first-order valence-electron chi connectivity index (χ1n) is 32.7. The molecule has 23 aliphatic rings. The molecule has 0 radical (unpaired) electrons. The van der Waals surface area contributed by atoms with Crippen LogP contribution in [0.2, 0.25) is 0 Å². The molecule has 78 heavy (non-hydrogen) atoms. The number of hydrogen-bond acceptors (Lipinski definition) is 1. The molecule has 0 bridgehead atoms. The van der Waals surface area contributed by atoms with E-state index in [0.29, 0.717) is 124 Å². The van der Waals surface area contributed by atoms with Crippen molar-refractivity contribution in [3.63, 3.8) is 0 Å². The maximum Gasteiger partial charge on any atom is 0.0645 e. The van der Waals surface area contributed by atoms with Gasteiger partial charge in [-0.2, -0.15) is 0 Å². The molecule has 34 rings (SSSR count). The van der Waals surface area contributed by atoms with Crippen LogP contribution in [0, 0.1) is 17.8 Å². The third kappa shape index (κ3) is 2.04. The smallest absolute Gasteiger partial charge is 0.0645 e. The second-order valence-corrected chi connectivity index (χ2v) is 34.2. The predicted octanol–water partition coefficient (Wildman–Crippen LogP) is 18.4. The van der Waals surface area contributed by atoms with E-state index in [1.54, 1.807) is 5.56 Å². The Kier molecular flexibility index (Phi) is 3.65. The topological polar surface area (TPSA) is 0 Å². The van der Waals surface area contributed by atoms with Crippen LogP contribution in [0.25, 0.3) is 97.3 Å². The van der Waals surface area contributed by atoms with Crippen LogP contribution >= 0.6 is 11.8 Å². The van der Waals surface area contributed by atoms with Crippen molar-refractivity contribution < 1.29 is 0 Å². The molecule has 1 aliphatic heterocycles. The highest BCUT2D eigenvalue weighted by Gasteiger charge is 2.90. The highest BCUT2D eigenvalue weighted by atomic mass is 32.2. The molecule has 0 N–H and O–H groups in total. The van der Waals surface area contributed by atoms with Gasteiger partial charge in [0.2, 0.25) is 0 Å². The highest BCUT2D eigenvalue weighted by molar-refractivity contribution is 8.00. The van der Waals surface area contributed by atoms with Crippen molar-refractivity contribution in [3.8, 4) is 11.1 Å². The minimum Gasteiger partial charge on any atom is -0.112 e. The van der Waals surface area contributed by atoms with E-state index >= 15 is 0 Å². The highest BCUT2D eigenvalue weighted by Crippen LogP contribution is 3.01. The van der Waals surface area contributed by atoms with E-state index in [-0.39, 0.29) is 10.2 Å². The fourth-order valence-corrected chi connectivity index (χ4v) is 36.3. The van der Waals surface area contributed by atoms with Crippen molar-refractivity contribution in [2.75, 3.05) is 0 Å². The summed E-state index contributed by atoms with van der Waals surface area (Å²) in [5.41, 5.74) is 50.5. The molecular formula is C77H46S. The summed E-state index contributed by atoms with van der Waals surface area (Å²) < 4.78 is 0.0355. The van der Waals surface area contributed by atoms with Gasteiger partial charge in [-0.3, -0.25) is 0 Å². The number of fused-ring (bicyclic) bond motifs is 1. The Morgan fingerprint density at radius 2 is 0.744 bits per heavy atom. The molecule has 0 amide bonds. The minimum absolute atomic E-state index is 0.00380. The molecule has 2 spiro atoms. The third-order valence-electron chi connectivity index (χ3n) is 33.1. The van der Waals surface area contributed by atoms with Crippen LogP contribution in [0.15, 0.2) is 17.0 Å². The Morgan fingerprint density at radius 3 is 1.19 bits per heavy atom. The predicted molar refractivity (Wildman–Crippen MR) is 308 cm³/mol. The van der Waals surface area contributed by atoms with Crippen molar-refractivity contribution >= 4 is 97.9 Å². The van der Waals surface area contributed by atoms with Crippen LogP contribution in [0.1, 0.15) is 294 Å². The first-order chi connectivity index (χ1) is 38.6. The lowest BCUT2D eigenvalue weighted by atomic mass is 9.39. The average Bonchev–Trinajstić information content (AvgIpc) is 2.49. The Labute approximate surface area is 451 Å². The quantitative estimate of drug-likeness (QED) is 0.143. The van der Waals surface area contributed by atoms with Crippen LogP contribution in [0.3, 0.4) is 0 Å². The zero-order valence-corrected chi connectivity index (χ0v) is 44.6. The number of thioether (sulfide) groups is 1. The van der Waals surface area contributed by atoms with Gasteiger partial charge in [0.1, 0.15) is 0 Å². The van der Waals surface area contributed by atoms with Gasteiger partial charge in [0.05, 0.1) is 4.75 Å². The van der Waals surface area contributed by atoms with Crippen LogP contribution in [-0.4, -0.2) is 0 Å². The zero-order chi connectivity index (χ0) is 47.6. The van der Waals surface area contributed by atoms with Gasteiger partial charge < -0.3 is 0 Å². The van der Waals surface area contributed by atoms with E-state index in [1.807, 2.05) is 175 Å². The molecule has 11 aromatic carbocycles. The summed E-state index contributed by atoms with van der Waals surface area (Å²) in [5, 5.41) is 31.0. The summed E-state index contributed by atoms with van der Waals surface area (Å²) in [6, 6.07) is 5.64. The lowest BCUT2D eigenvalue weighted by molar-refractivity contribution is 0.0336. The minimum atomic E-state index is 0.00380. The van der Waals surface area contributed by atoms with E-state index in [4.69, 9.17) is 0 Å². The summed E-state index contributed by atoms with van der Waals surface area (Å²) in [6.07, 6.45) is 6.69. The van der Waals surface area contributed by atoms with Crippen molar-refractivity contribution in [1.82, 2.24) is 0 Å². The number of benzene rings is 10. The zero-order valence-electron chi connectivity index (χ0n) is 43.8. The molecule has 1 heterocycles. The van der Waals surface area contributed by atoms with Crippen molar-refractivity contribution in [3.05, 3.63) is 140 Å². The fraction of sp³-hybridized carbons (Fsp3) is 0.429. The van der Waals surface area contributed by atoms with E-state index in [1.165, 1.54) is 32.1 Å². The van der Waals surface area contributed by atoms with Gasteiger partial charge >= 0.3 is 0 Å². The molecule has 360 valence electrons. The van der Waals surface area contributed by atoms with Gasteiger partial charge in [-0.15, -0.1) is 11.8 Å². The van der Waals surface area contributed by atoms with Crippen LogP contribution in [0.5, 0.6) is 0 Å². The lowest BCUT2D eigenvalue weighted by Gasteiger charge is -2.65. The Hall–Kier alpha value is -5.37. The van der Waals surface area contributed by atoms with Crippen molar-refractivity contribution in [2.24, 2.45) is 17.8 Å². The summed E-state index contributed by atoms with van der Waals surface area (Å²) in [4.78, 5) is 1.86. The van der Waals surface area contributed by atoms with Gasteiger partial charge in [0, 0.05) is 10.3 Å². The first-order valence-corrected chi connectivity index (χ1v) is 33.5. The summed E-state index contributed by atoms with van der Waals surface area (Å²) >= 11 is 2.68. The maximum atomic E-state index is 2.87.